The van der Waals surface area contributed by atoms with Crippen LogP contribution in [0, 0.1) is 0 Å². The lowest BCUT2D eigenvalue weighted by molar-refractivity contribution is -0.329. The van der Waals surface area contributed by atoms with Gasteiger partial charge in [0.2, 0.25) is 0 Å². The van der Waals surface area contributed by atoms with Crippen LogP contribution >= 0.6 is 0 Å². The molecule has 0 unspecified atom stereocenters. The Kier molecular flexibility index (Phi) is 16.4. The number of esters is 6. The summed E-state index contributed by atoms with van der Waals surface area (Å²) in [7, 11) is 0. The second-order valence-electron chi connectivity index (χ2n) is 12.2. The summed E-state index contributed by atoms with van der Waals surface area (Å²) >= 11 is 0. The molecule has 2 saturated heterocycles. The summed E-state index contributed by atoms with van der Waals surface area (Å²) in [5, 5.41) is 0. The first-order valence-electron chi connectivity index (χ1n) is 16.2. The second-order valence-corrected chi connectivity index (χ2v) is 12.2. The van der Waals surface area contributed by atoms with Gasteiger partial charge in [-0.25, -0.2) is 28.8 Å². The summed E-state index contributed by atoms with van der Waals surface area (Å²) in [5.74, 6) is -20.6. The van der Waals surface area contributed by atoms with E-state index in [1.54, 1.807) is 0 Å². The second kappa shape index (κ2) is 19.8. The lowest BCUT2D eigenvalue weighted by Crippen LogP contribution is -2.64. The molecule has 0 radical (unpaired) electrons. The fraction of sp³-hybridized carbons (Fsp3) is 0.600. The molecule has 0 aromatic heterocycles. The molecule has 0 bridgehead atoms. The van der Waals surface area contributed by atoms with Crippen molar-refractivity contribution < 1.29 is 155 Å². The molecule has 34 heteroatoms. The van der Waals surface area contributed by atoms with Gasteiger partial charge in [0.1, 0.15) is 18.8 Å². The molecule has 9 atom stereocenters. The maximum Gasteiger partial charge on any atom is 0.490 e. The van der Waals surface area contributed by atoms with Gasteiger partial charge in [-0.15, -0.1) is 0 Å². The lowest BCUT2D eigenvalue weighted by Gasteiger charge is -2.44. The van der Waals surface area contributed by atoms with Crippen LogP contribution < -0.4 is 0 Å². The number of halogens is 18. The van der Waals surface area contributed by atoms with Gasteiger partial charge in [-0.2, -0.15) is 79.0 Å². The Morgan fingerprint density at radius 1 is 0.406 bits per heavy atom. The molecule has 362 valence electrons. The van der Waals surface area contributed by atoms with Crippen molar-refractivity contribution in [3.05, 3.63) is 35.9 Å². The largest absolute Gasteiger partial charge is 0.490 e. The van der Waals surface area contributed by atoms with E-state index in [0.717, 1.165) is 12.1 Å². The molecule has 3 rings (SSSR count). The molecule has 64 heavy (non-hydrogen) atoms. The van der Waals surface area contributed by atoms with Gasteiger partial charge in [-0.3, -0.25) is 0 Å². The maximum absolute atomic E-state index is 13.5. The van der Waals surface area contributed by atoms with Gasteiger partial charge >= 0.3 is 72.9 Å². The molecule has 0 saturated carbocycles. The van der Waals surface area contributed by atoms with E-state index in [2.05, 4.69) is 28.4 Å². The summed E-state index contributed by atoms with van der Waals surface area (Å²) < 4.78 is 282. The van der Waals surface area contributed by atoms with Crippen molar-refractivity contribution in [2.24, 2.45) is 0 Å². The zero-order chi connectivity index (χ0) is 49.0. The first-order chi connectivity index (χ1) is 29.0. The Bertz CT molecular complexity index is 1830. The van der Waals surface area contributed by atoms with Crippen LogP contribution in [0.2, 0.25) is 0 Å². The van der Waals surface area contributed by atoms with Crippen molar-refractivity contribution in [3.8, 4) is 0 Å². The van der Waals surface area contributed by atoms with Crippen LogP contribution in [0.1, 0.15) is 5.56 Å². The highest BCUT2D eigenvalue weighted by Gasteiger charge is 2.61. The number of alkyl halides is 18. The molecule has 1 aromatic carbocycles. The van der Waals surface area contributed by atoms with Gasteiger partial charge in [-0.05, 0) is 5.56 Å². The average Bonchev–Trinajstić information content (AvgIpc) is 3.46. The highest BCUT2D eigenvalue weighted by Crippen LogP contribution is 2.37. The molecule has 0 aliphatic carbocycles. The summed E-state index contributed by atoms with van der Waals surface area (Å²) in [5.41, 5.74) is -0.0559. The smallest absolute Gasteiger partial charge is 0.456 e. The SMILES string of the molecule is O=C(OC[C@@H]1O[C@@H](OC[C@H]2O[C@@H](OCc3ccccc3)[C@H](OC(=O)C(F)(F)F)[C@@H](OC(=O)C(F)(F)F)[C@@H]2OC(=O)C(F)(F)F)[C@H](OC(=O)C(F)(F)F)[C@H]1OC(=O)C(F)(F)F)C(F)(F)F. The fourth-order valence-corrected chi connectivity index (χ4v) is 4.91. The molecule has 2 heterocycles. The number of hydrogen-bond acceptors (Lipinski definition) is 16. The molecule has 2 aliphatic heterocycles. The summed E-state index contributed by atoms with van der Waals surface area (Å²) in [6.07, 6.45) is -66.3. The third kappa shape index (κ3) is 14.6. The van der Waals surface area contributed by atoms with Gasteiger partial charge in [0, 0.05) is 0 Å². The number of rotatable bonds is 13. The van der Waals surface area contributed by atoms with E-state index in [4.69, 9.17) is 18.9 Å². The first-order valence-corrected chi connectivity index (χ1v) is 16.2. The fourth-order valence-electron chi connectivity index (χ4n) is 4.91. The van der Waals surface area contributed by atoms with Gasteiger partial charge in [0.25, 0.3) is 0 Å². The van der Waals surface area contributed by atoms with E-state index < -0.39 is 148 Å². The molecule has 2 aliphatic rings. The predicted octanol–water partition coefficient (Wildman–Crippen LogP) is 4.15. The number of carbonyl (C=O) groups is 6. The van der Waals surface area contributed by atoms with Crippen LogP contribution in [0.3, 0.4) is 0 Å². The Morgan fingerprint density at radius 2 is 0.719 bits per heavy atom. The van der Waals surface area contributed by atoms with Crippen molar-refractivity contribution in [1.29, 1.82) is 0 Å². The average molecular weight is 978 g/mol. The standard InChI is InChI=1S/C30H20F18O16/c31-25(32,33)19(49)57-8-11-13(61-21(51)27(37,38)39)15(63-23(53)29(43,44)45)17(59-11)56-7-10-12(60-20(50)26(34,35)36)14(62-22(52)28(40,41)42)16(64-24(54)30(46,47)48)18(58-10)55-6-9-4-2-1-3-5-9/h1-5,10-18H,6-8H2/t10-,11+,12-,13+,14+,15-,16-,17-,18-/m1/s1. The van der Waals surface area contributed by atoms with Crippen LogP contribution in [0.4, 0.5) is 79.0 Å². The Balaban J connectivity index is 2.21. The van der Waals surface area contributed by atoms with E-state index in [0.29, 0.717) is 0 Å². The van der Waals surface area contributed by atoms with Crippen molar-refractivity contribution >= 4 is 35.8 Å². The van der Waals surface area contributed by atoms with Crippen LogP contribution in [0.5, 0.6) is 0 Å². The van der Waals surface area contributed by atoms with E-state index in [1.165, 1.54) is 18.2 Å². The van der Waals surface area contributed by atoms with E-state index in [9.17, 15) is 108 Å². The van der Waals surface area contributed by atoms with Crippen LogP contribution in [0.15, 0.2) is 30.3 Å². The zero-order valence-corrected chi connectivity index (χ0v) is 30.0. The lowest BCUT2D eigenvalue weighted by atomic mass is 9.98. The highest BCUT2D eigenvalue weighted by atomic mass is 19.4. The predicted molar refractivity (Wildman–Crippen MR) is 151 cm³/mol. The van der Waals surface area contributed by atoms with E-state index >= 15 is 0 Å². The zero-order valence-electron chi connectivity index (χ0n) is 30.0. The highest BCUT2D eigenvalue weighted by molar-refractivity contribution is 5.79. The van der Waals surface area contributed by atoms with Crippen molar-refractivity contribution in [3.63, 3.8) is 0 Å². The van der Waals surface area contributed by atoms with Gasteiger partial charge < -0.3 is 47.4 Å². The topological polar surface area (TPSA) is 195 Å². The summed E-state index contributed by atoms with van der Waals surface area (Å²) in [6.45, 7) is -5.17. The monoisotopic (exact) mass is 978 g/mol. The third-order valence-electron chi connectivity index (χ3n) is 7.52. The normalized spacial score (nSPS) is 25.8. The van der Waals surface area contributed by atoms with Gasteiger partial charge in [-0.1, -0.05) is 30.3 Å². The molecule has 0 N–H and O–H groups in total. The van der Waals surface area contributed by atoms with Crippen molar-refractivity contribution in [2.45, 2.75) is 99.0 Å². The van der Waals surface area contributed by atoms with Crippen LogP contribution in [-0.2, 0) is 82.7 Å². The van der Waals surface area contributed by atoms with Crippen LogP contribution in [-0.4, -0.2) is 141 Å². The Morgan fingerprint density at radius 3 is 1.11 bits per heavy atom. The molecule has 16 nitrogen and oxygen atoms in total. The van der Waals surface area contributed by atoms with Crippen molar-refractivity contribution in [2.75, 3.05) is 13.2 Å². The number of ether oxygens (including phenoxy) is 10. The van der Waals surface area contributed by atoms with Crippen molar-refractivity contribution in [1.82, 2.24) is 0 Å². The minimum absolute atomic E-state index is 0.0559. The Hall–Kier alpha value is -5.38. The molecular formula is C30H20F18O16. The molecule has 1 aromatic rings. The quantitative estimate of drug-likeness (QED) is 0.155. The number of hydrogen-bond donors (Lipinski definition) is 0. The van der Waals surface area contributed by atoms with E-state index in [1.807, 2.05) is 0 Å². The number of carbonyl (C=O) groups excluding carboxylic acids is 6. The van der Waals surface area contributed by atoms with Crippen LogP contribution in [0.25, 0.3) is 0 Å². The first kappa shape index (κ1) is 53.0. The molecular weight excluding hydrogens is 958 g/mol. The minimum atomic E-state index is -6.26. The molecule has 2 fully saturated rings. The van der Waals surface area contributed by atoms with Gasteiger partial charge in [0.05, 0.1) is 13.2 Å². The maximum atomic E-state index is 13.5. The number of benzene rings is 1. The van der Waals surface area contributed by atoms with E-state index in [-0.39, 0.29) is 5.56 Å². The van der Waals surface area contributed by atoms with Gasteiger partial charge in [0.15, 0.2) is 43.1 Å². The molecule has 0 amide bonds. The third-order valence-corrected chi connectivity index (χ3v) is 7.52. The Labute approximate surface area is 339 Å². The summed E-state index contributed by atoms with van der Waals surface area (Å²) in [4.78, 5) is 70.7. The molecule has 0 spiro atoms. The summed E-state index contributed by atoms with van der Waals surface area (Å²) in [6, 6.07) is 6.15. The minimum Gasteiger partial charge on any atom is -0.456 e.